The van der Waals surface area contributed by atoms with Crippen molar-refractivity contribution in [3.63, 3.8) is 0 Å². The first kappa shape index (κ1) is 21.5. The summed E-state index contributed by atoms with van der Waals surface area (Å²) in [6.45, 7) is 2.76. The molecule has 34 heavy (non-hydrogen) atoms. The summed E-state index contributed by atoms with van der Waals surface area (Å²) in [5, 5.41) is 6.84. The van der Waals surface area contributed by atoms with E-state index in [4.69, 9.17) is 9.72 Å². The van der Waals surface area contributed by atoms with Crippen LogP contribution in [0, 0.1) is 0 Å². The average Bonchev–Trinajstić information content (AvgIpc) is 3.31. The molecule has 2 N–H and O–H groups in total. The van der Waals surface area contributed by atoms with Crippen LogP contribution in [0.5, 0.6) is 5.75 Å². The van der Waals surface area contributed by atoms with Crippen LogP contribution in [0.1, 0.15) is 24.1 Å². The van der Waals surface area contributed by atoms with Crippen molar-refractivity contribution >= 4 is 22.7 Å². The summed E-state index contributed by atoms with van der Waals surface area (Å²) >= 11 is 0. The zero-order valence-corrected chi connectivity index (χ0v) is 19.1. The molecule has 0 radical (unpaired) electrons. The van der Waals surface area contributed by atoms with Gasteiger partial charge in [0.05, 0.1) is 24.2 Å². The Morgan fingerprint density at radius 2 is 1.76 bits per heavy atom. The fraction of sp³-hybridized carbons (Fsp3) is 0.148. The summed E-state index contributed by atoms with van der Waals surface area (Å²) in [7, 11) is 1.69. The van der Waals surface area contributed by atoms with E-state index in [1.54, 1.807) is 19.6 Å². The van der Waals surface area contributed by atoms with Gasteiger partial charge in [-0.05, 0) is 42.8 Å². The maximum atomic E-state index is 5.44. The first-order chi connectivity index (χ1) is 16.7. The van der Waals surface area contributed by atoms with Gasteiger partial charge in [0, 0.05) is 24.0 Å². The number of rotatable bonds is 8. The normalized spacial score (nSPS) is 11.8. The fourth-order valence-electron chi connectivity index (χ4n) is 3.92. The zero-order valence-electron chi connectivity index (χ0n) is 19.1. The van der Waals surface area contributed by atoms with Gasteiger partial charge in [0.15, 0.2) is 0 Å². The van der Waals surface area contributed by atoms with E-state index < -0.39 is 0 Å². The van der Waals surface area contributed by atoms with Gasteiger partial charge in [-0.1, -0.05) is 48.5 Å². The Balaban J connectivity index is 1.34. The van der Waals surface area contributed by atoms with Gasteiger partial charge in [0.2, 0.25) is 5.95 Å². The van der Waals surface area contributed by atoms with Crippen LogP contribution in [0.2, 0.25) is 0 Å². The SMILES string of the molecule is COc1ccccc1CNc1ccc2c(c1)ncn2-c1ccnc(NC(C)c2ccccc2)n1. The lowest BCUT2D eigenvalue weighted by molar-refractivity contribution is 0.410. The van der Waals surface area contributed by atoms with E-state index in [9.17, 15) is 0 Å². The average molecular weight is 451 g/mol. The topological polar surface area (TPSA) is 76.9 Å². The number of hydrogen-bond acceptors (Lipinski definition) is 6. The van der Waals surface area contributed by atoms with E-state index in [2.05, 4.69) is 51.8 Å². The minimum Gasteiger partial charge on any atom is -0.496 e. The third-order valence-electron chi connectivity index (χ3n) is 5.76. The second-order valence-corrected chi connectivity index (χ2v) is 8.00. The quantitative estimate of drug-likeness (QED) is 0.320. The summed E-state index contributed by atoms with van der Waals surface area (Å²) in [5.41, 5.74) is 5.13. The number of anilines is 2. The zero-order chi connectivity index (χ0) is 23.3. The van der Waals surface area contributed by atoms with Crippen LogP contribution in [0.25, 0.3) is 16.9 Å². The molecule has 0 aliphatic rings. The Bertz CT molecular complexity index is 1400. The molecular weight excluding hydrogens is 424 g/mol. The molecule has 2 heterocycles. The van der Waals surface area contributed by atoms with Crippen LogP contribution < -0.4 is 15.4 Å². The Hall–Kier alpha value is -4.39. The smallest absolute Gasteiger partial charge is 0.225 e. The highest BCUT2D eigenvalue weighted by molar-refractivity contribution is 5.81. The van der Waals surface area contributed by atoms with E-state index in [0.29, 0.717) is 12.5 Å². The van der Waals surface area contributed by atoms with Crippen molar-refractivity contribution < 1.29 is 4.74 Å². The van der Waals surface area contributed by atoms with Crippen molar-refractivity contribution in [1.82, 2.24) is 19.5 Å². The predicted molar refractivity (Wildman–Crippen MR) is 135 cm³/mol. The highest BCUT2D eigenvalue weighted by Crippen LogP contribution is 2.24. The Labute approximate surface area is 198 Å². The third-order valence-corrected chi connectivity index (χ3v) is 5.76. The summed E-state index contributed by atoms with van der Waals surface area (Å²) in [6, 6.07) is 26.4. The molecule has 0 aliphatic heterocycles. The molecule has 170 valence electrons. The molecule has 0 spiro atoms. The molecule has 0 bridgehead atoms. The summed E-state index contributed by atoms with van der Waals surface area (Å²) in [6.07, 6.45) is 3.55. The minimum atomic E-state index is 0.0906. The Morgan fingerprint density at radius 3 is 2.62 bits per heavy atom. The van der Waals surface area contributed by atoms with E-state index in [1.165, 1.54) is 5.56 Å². The van der Waals surface area contributed by atoms with E-state index >= 15 is 0 Å². The third kappa shape index (κ3) is 4.54. The fourth-order valence-corrected chi connectivity index (χ4v) is 3.92. The van der Waals surface area contributed by atoms with Crippen molar-refractivity contribution in [3.8, 4) is 11.6 Å². The van der Waals surface area contributed by atoms with Gasteiger partial charge in [-0.15, -0.1) is 0 Å². The van der Waals surface area contributed by atoms with Gasteiger partial charge >= 0.3 is 0 Å². The number of aromatic nitrogens is 4. The van der Waals surface area contributed by atoms with Gasteiger partial charge < -0.3 is 15.4 Å². The van der Waals surface area contributed by atoms with Crippen LogP contribution in [0.4, 0.5) is 11.6 Å². The van der Waals surface area contributed by atoms with Gasteiger partial charge in [-0.2, -0.15) is 4.98 Å². The number of imidazole rings is 1. The maximum Gasteiger partial charge on any atom is 0.225 e. The first-order valence-electron chi connectivity index (χ1n) is 11.2. The Morgan fingerprint density at radius 1 is 0.941 bits per heavy atom. The highest BCUT2D eigenvalue weighted by Gasteiger charge is 2.11. The lowest BCUT2D eigenvalue weighted by Crippen LogP contribution is -2.10. The van der Waals surface area contributed by atoms with Gasteiger partial charge in [-0.25, -0.2) is 9.97 Å². The summed E-state index contributed by atoms with van der Waals surface area (Å²) in [4.78, 5) is 13.7. The van der Waals surface area contributed by atoms with Crippen LogP contribution >= 0.6 is 0 Å². The number of methoxy groups -OCH3 is 1. The number of fused-ring (bicyclic) bond motifs is 1. The van der Waals surface area contributed by atoms with Gasteiger partial charge in [0.25, 0.3) is 0 Å². The molecule has 0 fully saturated rings. The molecular formula is C27H26N6O. The predicted octanol–water partition coefficient (Wildman–Crippen LogP) is 5.61. The van der Waals surface area contributed by atoms with Gasteiger partial charge in [-0.3, -0.25) is 4.57 Å². The van der Waals surface area contributed by atoms with Crippen molar-refractivity contribution in [2.24, 2.45) is 0 Å². The lowest BCUT2D eigenvalue weighted by atomic mass is 10.1. The number of hydrogen-bond donors (Lipinski definition) is 2. The molecule has 0 saturated heterocycles. The lowest BCUT2D eigenvalue weighted by Gasteiger charge is -2.14. The van der Waals surface area contributed by atoms with E-state index in [0.717, 1.165) is 33.9 Å². The summed E-state index contributed by atoms with van der Waals surface area (Å²) < 4.78 is 7.41. The van der Waals surface area contributed by atoms with Crippen molar-refractivity contribution in [1.29, 1.82) is 0 Å². The standard InChI is InChI=1S/C27H26N6O/c1-19(20-8-4-3-5-9-20)31-27-28-15-14-26(32-27)33-18-30-23-16-22(12-13-24(23)33)29-17-21-10-6-7-11-25(21)34-2/h3-16,18-19,29H,17H2,1-2H3,(H,28,31,32). The molecule has 2 aromatic heterocycles. The van der Waals surface area contributed by atoms with Gasteiger partial charge in [0.1, 0.15) is 17.9 Å². The van der Waals surface area contributed by atoms with E-state index in [-0.39, 0.29) is 6.04 Å². The molecule has 7 heteroatoms. The molecule has 3 aromatic carbocycles. The minimum absolute atomic E-state index is 0.0906. The monoisotopic (exact) mass is 450 g/mol. The second-order valence-electron chi connectivity index (χ2n) is 8.00. The number of benzene rings is 3. The van der Waals surface area contributed by atoms with Crippen LogP contribution in [0.3, 0.4) is 0 Å². The largest absolute Gasteiger partial charge is 0.496 e. The molecule has 0 aliphatic carbocycles. The number of para-hydroxylation sites is 1. The number of nitrogens with one attached hydrogen (secondary N) is 2. The number of ether oxygens (including phenoxy) is 1. The number of nitrogens with zero attached hydrogens (tertiary/aromatic N) is 4. The van der Waals surface area contributed by atoms with Crippen LogP contribution in [-0.2, 0) is 6.54 Å². The molecule has 7 nitrogen and oxygen atoms in total. The van der Waals surface area contributed by atoms with Crippen molar-refractivity contribution in [2.45, 2.75) is 19.5 Å². The molecule has 1 atom stereocenters. The Kier molecular flexibility index (Phi) is 6.07. The van der Waals surface area contributed by atoms with Crippen LogP contribution in [0.15, 0.2) is 91.4 Å². The molecule has 1 unspecified atom stereocenters. The van der Waals surface area contributed by atoms with Crippen molar-refractivity contribution in [2.75, 3.05) is 17.7 Å². The van der Waals surface area contributed by atoms with Crippen molar-refractivity contribution in [3.05, 3.63) is 103 Å². The molecule has 0 amide bonds. The highest BCUT2D eigenvalue weighted by atomic mass is 16.5. The molecule has 5 rings (SSSR count). The maximum absolute atomic E-state index is 5.44. The molecule has 5 aromatic rings. The second kappa shape index (κ2) is 9.62. The molecule has 0 saturated carbocycles. The summed E-state index contributed by atoms with van der Waals surface area (Å²) in [5.74, 6) is 2.20. The van der Waals surface area contributed by atoms with Crippen LogP contribution in [-0.4, -0.2) is 26.6 Å². The first-order valence-corrected chi connectivity index (χ1v) is 11.2. The van der Waals surface area contributed by atoms with E-state index in [1.807, 2.05) is 59.2 Å².